The van der Waals surface area contributed by atoms with Gasteiger partial charge >= 0.3 is 0 Å². The summed E-state index contributed by atoms with van der Waals surface area (Å²) in [4.78, 5) is 4.19. The Bertz CT molecular complexity index is 1280. The van der Waals surface area contributed by atoms with Crippen molar-refractivity contribution in [2.24, 2.45) is 5.10 Å². The van der Waals surface area contributed by atoms with Crippen molar-refractivity contribution in [2.45, 2.75) is 26.7 Å². The quantitative estimate of drug-likeness (QED) is 0.292. The van der Waals surface area contributed by atoms with Gasteiger partial charge in [-0.05, 0) is 43.3 Å². The van der Waals surface area contributed by atoms with E-state index in [4.69, 9.17) is 14.3 Å². The highest BCUT2D eigenvalue weighted by Crippen LogP contribution is 2.26. The molecule has 0 amide bonds. The number of nitrogens with one attached hydrogen (secondary N) is 1. The zero-order valence-electron chi connectivity index (χ0n) is 18.7. The lowest BCUT2D eigenvalue weighted by atomic mass is 10.1. The normalized spacial score (nSPS) is 11.1. The highest BCUT2D eigenvalue weighted by atomic mass is 16.5. The standard InChI is InChI=1S/C25H24N6O2/c1-4-32-21-12-10-18(11-13-21)23-19(16-31(30-23)20-8-6-5-7-9-20)15-27-29-25-22(14-26)28-24(33-25)17(2)3/h5-13,15-17,29H,4H2,1-3H3/b27-15+. The molecule has 8 heteroatoms. The second kappa shape index (κ2) is 9.83. The first kappa shape index (κ1) is 21.8. The number of anilines is 1. The Morgan fingerprint density at radius 3 is 2.61 bits per heavy atom. The van der Waals surface area contributed by atoms with Crippen molar-refractivity contribution in [3.63, 3.8) is 0 Å². The van der Waals surface area contributed by atoms with Crippen LogP contribution in [0.4, 0.5) is 5.88 Å². The fourth-order valence-electron chi connectivity index (χ4n) is 3.19. The summed E-state index contributed by atoms with van der Waals surface area (Å²) in [6.45, 7) is 6.45. The molecular formula is C25H24N6O2. The average molecular weight is 441 g/mol. The van der Waals surface area contributed by atoms with Crippen molar-refractivity contribution in [1.29, 1.82) is 5.26 Å². The number of rotatable bonds is 8. The number of nitrogens with zero attached hydrogens (tertiary/aromatic N) is 5. The highest BCUT2D eigenvalue weighted by Gasteiger charge is 2.15. The summed E-state index contributed by atoms with van der Waals surface area (Å²) in [5, 5.41) is 18.4. The van der Waals surface area contributed by atoms with Crippen LogP contribution in [-0.2, 0) is 0 Å². The maximum absolute atomic E-state index is 9.32. The van der Waals surface area contributed by atoms with Gasteiger partial charge in [-0.25, -0.2) is 15.1 Å². The van der Waals surface area contributed by atoms with Gasteiger partial charge in [0.25, 0.3) is 5.88 Å². The van der Waals surface area contributed by atoms with Crippen molar-refractivity contribution in [1.82, 2.24) is 14.8 Å². The third kappa shape index (κ3) is 4.93. The van der Waals surface area contributed by atoms with Gasteiger partial charge in [0.1, 0.15) is 17.5 Å². The Morgan fingerprint density at radius 2 is 1.94 bits per heavy atom. The summed E-state index contributed by atoms with van der Waals surface area (Å²) in [7, 11) is 0. The molecule has 33 heavy (non-hydrogen) atoms. The largest absolute Gasteiger partial charge is 0.494 e. The van der Waals surface area contributed by atoms with Gasteiger partial charge in [0, 0.05) is 23.2 Å². The van der Waals surface area contributed by atoms with Crippen LogP contribution in [0, 0.1) is 11.3 Å². The SMILES string of the molecule is CCOc1ccc(-c2nn(-c3ccccc3)cc2/C=N/Nc2oc(C(C)C)nc2C#N)cc1. The lowest BCUT2D eigenvalue weighted by molar-refractivity contribution is 0.340. The number of hydrogen-bond donors (Lipinski definition) is 1. The molecule has 1 N–H and O–H groups in total. The second-order valence-electron chi connectivity index (χ2n) is 7.54. The predicted octanol–water partition coefficient (Wildman–Crippen LogP) is 5.37. The first-order valence-electron chi connectivity index (χ1n) is 10.7. The van der Waals surface area contributed by atoms with Crippen LogP contribution in [0.25, 0.3) is 16.9 Å². The van der Waals surface area contributed by atoms with Crippen LogP contribution >= 0.6 is 0 Å². The molecule has 166 valence electrons. The minimum absolute atomic E-state index is 0.0620. The van der Waals surface area contributed by atoms with E-state index in [9.17, 15) is 5.26 Å². The molecule has 0 aliphatic carbocycles. The minimum atomic E-state index is 0.0620. The average Bonchev–Trinajstić information content (AvgIpc) is 3.45. The van der Waals surface area contributed by atoms with E-state index in [0.717, 1.165) is 28.3 Å². The van der Waals surface area contributed by atoms with E-state index in [1.807, 2.05) is 87.6 Å². The molecule has 0 fully saturated rings. The second-order valence-corrected chi connectivity index (χ2v) is 7.54. The number of hydrazone groups is 1. The van der Waals surface area contributed by atoms with E-state index in [1.165, 1.54) is 0 Å². The van der Waals surface area contributed by atoms with Gasteiger partial charge in [-0.3, -0.25) is 0 Å². The molecule has 2 aromatic carbocycles. The molecular weight excluding hydrogens is 416 g/mol. The van der Waals surface area contributed by atoms with Crippen LogP contribution in [-0.4, -0.2) is 27.6 Å². The topological polar surface area (TPSA) is 101 Å². The van der Waals surface area contributed by atoms with E-state index < -0.39 is 0 Å². The lowest BCUT2D eigenvalue weighted by Gasteiger charge is -2.04. The Labute approximate surface area is 192 Å². The van der Waals surface area contributed by atoms with Crippen LogP contribution in [0.2, 0.25) is 0 Å². The number of hydrogen-bond acceptors (Lipinski definition) is 7. The Hall–Kier alpha value is -4.38. The van der Waals surface area contributed by atoms with Crippen LogP contribution in [0.5, 0.6) is 5.75 Å². The van der Waals surface area contributed by atoms with Crippen molar-refractivity contribution in [3.8, 4) is 28.8 Å². The molecule has 0 spiro atoms. The van der Waals surface area contributed by atoms with Gasteiger partial charge < -0.3 is 9.15 Å². The molecule has 4 rings (SSSR count). The maximum Gasteiger partial charge on any atom is 0.252 e. The van der Waals surface area contributed by atoms with Crippen LogP contribution in [0.1, 0.15) is 43.8 Å². The Kier molecular flexibility index (Phi) is 6.51. The molecule has 0 saturated heterocycles. The zero-order valence-corrected chi connectivity index (χ0v) is 18.7. The van der Waals surface area contributed by atoms with E-state index in [2.05, 4.69) is 15.5 Å². The number of ether oxygens (including phenoxy) is 1. The molecule has 8 nitrogen and oxygen atoms in total. The molecule has 0 bridgehead atoms. The van der Waals surface area contributed by atoms with Crippen molar-refractivity contribution in [3.05, 3.63) is 77.9 Å². The summed E-state index contributed by atoms with van der Waals surface area (Å²) in [6, 6.07) is 19.6. The summed E-state index contributed by atoms with van der Waals surface area (Å²) in [6.07, 6.45) is 3.55. The molecule has 0 unspecified atom stereocenters. The van der Waals surface area contributed by atoms with E-state index in [1.54, 1.807) is 10.9 Å². The number of para-hydroxylation sites is 1. The first-order valence-corrected chi connectivity index (χ1v) is 10.7. The molecule has 2 aromatic heterocycles. The molecule has 0 radical (unpaired) electrons. The van der Waals surface area contributed by atoms with Crippen molar-refractivity contribution in [2.75, 3.05) is 12.0 Å². The molecule has 0 aliphatic rings. The van der Waals surface area contributed by atoms with Crippen molar-refractivity contribution < 1.29 is 9.15 Å². The number of aromatic nitrogens is 3. The molecule has 0 atom stereocenters. The fourth-order valence-corrected chi connectivity index (χ4v) is 3.19. The Morgan fingerprint density at radius 1 is 1.18 bits per heavy atom. The minimum Gasteiger partial charge on any atom is -0.494 e. The van der Waals surface area contributed by atoms with E-state index in [-0.39, 0.29) is 17.5 Å². The number of oxazole rings is 1. The first-order chi connectivity index (χ1) is 16.1. The monoisotopic (exact) mass is 440 g/mol. The molecule has 2 heterocycles. The van der Waals surface area contributed by atoms with Crippen LogP contribution in [0.15, 0.2) is 70.3 Å². The Balaban J connectivity index is 1.66. The van der Waals surface area contributed by atoms with E-state index in [0.29, 0.717) is 12.5 Å². The summed E-state index contributed by atoms with van der Waals surface area (Å²) >= 11 is 0. The van der Waals surface area contributed by atoms with Gasteiger partial charge in [-0.15, -0.1) is 0 Å². The molecule has 0 saturated carbocycles. The maximum atomic E-state index is 9.32. The molecule has 0 aliphatic heterocycles. The van der Waals surface area contributed by atoms with Crippen molar-refractivity contribution >= 4 is 12.1 Å². The highest BCUT2D eigenvalue weighted by molar-refractivity contribution is 5.89. The predicted molar refractivity (Wildman–Crippen MR) is 127 cm³/mol. The van der Waals surface area contributed by atoms with Crippen LogP contribution in [0.3, 0.4) is 0 Å². The third-order valence-corrected chi connectivity index (χ3v) is 4.82. The summed E-state index contributed by atoms with van der Waals surface area (Å²) in [5.74, 6) is 1.56. The van der Waals surface area contributed by atoms with Gasteiger partial charge in [0.15, 0.2) is 0 Å². The molecule has 4 aromatic rings. The summed E-state index contributed by atoms with van der Waals surface area (Å²) < 4.78 is 13.0. The van der Waals surface area contributed by atoms with Gasteiger partial charge in [-0.1, -0.05) is 32.0 Å². The zero-order chi connectivity index (χ0) is 23.2. The van der Waals surface area contributed by atoms with E-state index >= 15 is 0 Å². The number of benzene rings is 2. The van der Waals surface area contributed by atoms with Gasteiger partial charge in [0.2, 0.25) is 11.6 Å². The lowest BCUT2D eigenvalue weighted by Crippen LogP contribution is -1.94. The summed E-state index contributed by atoms with van der Waals surface area (Å²) in [5.41, 5.74) is 6.37. The smallest absolute Gasteiger partial charge is 0.252 e. The number of nitriles is 1. The third-order valence-electron chi connectivity index (χ3n) is 4.82. The fraction of sp³-hybridized carbons (Fsp3) is 0.200. The van der Waals surface area contributed by atoms with Gasteiger partial charge in [-0.2, -0.15) is 15.5 Å². The van der Waals surface area contributed by atoms with Gasteiger partial charge in [0.05, 0.1) is 18.5 Å². The van der Waals surface area contributed by atoms with Crippen LogP contribution < -0.4 is 10.2 Å².